The molecule has 1 aliphatic carbocycles. The molecule has 0 bridgehead atoms. The Balaban J connectivity index is 1.86. The van der Waals surface area contributed by atoms with Crippen LogP contribution in [0.15, 0.2) is 36.4 Å². The van der Waals surface area contributed by atoms with Gasteiger partial charge in [-0.15, -0.1) is 11.8 Å². The Hall–Kier alpha value is -1.45. The molecule has 1 aliphatic heterocycles. The molecule has 2 aliphatic rings. The van der Waals surface area contributed by atoms with Crippen molar-refractivity contribution >= 4 is 11.8 Å². The third-order valence-corrected chi connectivity index (χ3v) is 8.33. The smallest absolute Gasteiger partial charge is 0.118 e. The van der Waals surface area contributed by atoms with Crippen molar-refractivity contribution < 1.29 is 4.74 Å². The molecule has 1 N–H and O–H groups in total. The first kappa shape index (κ1) is 20.8. The van der Waals surface area contributed by atoms with Gasteiger partial charge in [-0.25, -0.2) is 0 Å². The minimum atomic E-state index is 0.230. The van der Waals surface area contributed by atoms with Crippen molar-refractivity contribution in [2.45, 2.75) is 69.6 Å². The second-order valence-corrected chi connectivity index (χ2v) is 11.3. The van der Waals surface area contributed by atoms with Crippen LogP contribution in [0.1, 0.15) is 74.3 Å². The van der Waals surface area contributed by atoms with Crippen LogP contribution in [0.2, 0.25) is 0 Å². The highest BCUT2D eigenvalue weighted by atomic mass is 32.2. The first-order valence-electron chi connectivity index (χ1n) is 10.9. The van der Waals surface area contributed by atoms with Crippen LogP contribution in [0.3, 0.4) is 0 Å². The molecule has 0 radical (unpaired) electrons. The van der Waals surface area contributed by atoms with Crippen LogP contribution in [-0.4, -0.2) is 24.8 Å². The van der Waals surface area contributed by atoms with Gasteiger partial charge in [0.15, 0.2) is 0 Å². The summed E-state index contributed by atoms with van der Waals surface area (Å²) in [6.45, 7) is 13.1. The van der Waals surface area contributed by atoms with E-state index in [0.717, 1.165) is 12.3 Å². The van der Waals surface area contributed by atoms with E-state index in [1.54, 1.807) is 18.2 Å². The van der Waals surface area contributed by atoms with Gasteiger partial charge in [0.25, 0.3) is 0 Å². The number of hydrogen-bond donors (Lipinski definition) is 1. The van der Waals surface area contributed by atoms with Crippen LogP contribution < -0.4 is 10.1 Å². The predicted octanol–water partition coefficient (Wildman–Crippen LogP) is 6.15. The lowest BCUT2D eigenvalue weighted by Crippen LogP contribution is -2.35. The average molecular weight is 410 g/mol. The van der Waals surface area contributed by atoms with Crippen molar-refractivity contribution in [3.63, 3.8) is 0 Å². The summed E-state index contributed by atoms with van der Waals surface area (Å²) in [5, 5.41) is 4.17. The summed E-state index contributed by atoms with van der Waals surface area (Å²) < 4.78 is 5.41. The fourth-order valence-electron chi connectivity index (χ4n) is 5.06. The first-order chi connectivity index (χ1) is 13.7. The predicted molar refractivity (Wildman–Crippen MR) is 126 cm³/mol. The highest BCUT2D eigenvalue weighted by Gasteiger charge is 2.39. The summed E-state index contributed by atoms with van der Waals surface area (Å²) in [6, 6.07) is 13.8. The van der Waals surface area contributed by atoms with Crippen molar-refractivity contribution in [1.29, 1.82) is 0 Å². The molecule has 2 unspecified atom stereocenters. The molecule has 3 heteroatoms. The van der Waals surface area contributed by atoms with Gasteiger partial charge < -0.3 is 10.1 Å². The van der Waals surface area contributed by atoms with E-state index in [1.165, 1.54) is 35.3 Å². The topological polar surface area (TPSA) is 21.3 Å². The maximum absolute atomic E-state index is 5.41. The fourth-order valence-corrected chi connectivity index (χ4v) is 6.28. The molecule has 1 fully saturated rings. The number of rotatable bonds is 4. The number of fused-ring (bicyclic) bond motifs is 1. The Morgan fingerprint density at radius 3 is 2.17 bits per heavy atom. The van der Waals surface area contributed by atoms with Crippen molar-refractivity contribution in [1.82, 2.24) is 5.32 Å². The summed E-state index contributed by atoms with van der Waals surface area (Å²) in [5.74, 6) is 2.45. The van der Waals surface area contributed by atoms with E-state index in [1.807, 2.05) is 0 Å². The first-order valence-corrected chi connectivity index (χ1v) is 11.9. The van der Waals surface area contributed by atoms with Crippen LogP contribution in [0.5, 0.6) is 5.75 Å². The van der Waals surface area contributed by atoms with Gasteiger partial charge in [-0.3, -0.25) is 0 Å². The van der Waals surface area contributed by atoms with Crippen molar-refractivity contribution in [3.8, 4) is 5.75 Å². The van der Waals surface area contributed by atoms with E-state index in [0.29, 0.717) is 11.3 Å². The fraction of sp³-hybridized carbons (Fsp3) is 0.538. The van der Waals surface area contributed by atoms with Gasteiger partial charge in [0.05, 0.1) is 12.5 Å². The monoisotopic (exact) mass is 409 g/mol. The molecular formula is C26H35NOS. The lowest BCUT2D eigenvalue weighted by atomic mass is 9.62. The number of benzene rings is 2. The lowest BCUT2D eigenvalue weighted by Gasteiger charge is -2.43. The highest BCUT2D eigenvalue weighted by Crippen LogP contribution is 2.48. The zero-order valence-electron chi connectivity index (χ0n) is 18.8. The van der Waals surface area contributed by atoms with E-state index < -0.39 is 0 Å². The summed E-state index contributed by atoms with van der Waals surface area (Å²) in [4.78, 5) is 0. The van der Waals surface area contributed by atoms with Crippen LogP contribution >= 0.6 is 11.8 Å². The molecule has 0 saturated carbocycles. The lowest BCUT2D eigenvalue weighted by molar-refractivity contribution is 0.331. The molecular weight excluding hydrogens is 374 g/mol. The molecule has 1 saturated heterocycles. The van der Waals surface area contributed by atoms with Gasteiger partial charge in [-0.2, -0.15) is 0 Å². The zero-order valence-corrected chi connectivity index (χ0v) is 19.6. The Morgan fingerprint density at radius 1 is 1.00 bits per heavy atom. The van der Waals surface area contributed by atoms with Crippen LogP contribution in [0.4, 0.5) is 0 Å². The number of aryl methyl sites for hydroxylation is 1. The largest absolute Gasteiger partial charge is 0.497 e. The van der Waals surface area contributed by atoms with Gasteiger partial charge in [0.2, 0.25) is 0 Å². The summed E-state index contributed by atoms with van der Waals surface area (Å²) >= 11 is 2.05. The summed E-state index contributed by atoms with van der Waals surface area (Å²) in [7, 11) is 1.73. The van der Waals surface area contributed by atoms with E-state index in [4.69, 9.17) is 4.74 Å². The second-order valence-electron chi connectivity index (χ2n) is 10.0. The Labute approximate surface area is 180 Å². The molecule has 2 nitrogen and oxygen atoms in total. The number of nitrogens with one attached hydrogen (secondary N) is 1. The Bertz CT molecular complexity index is 878. The van der Waals surface area contributed by atoms with Gasteiger partial charge in [-0.1, -0.05) is 52.0 Å². The minimum Gasteiger partial charge on any atom is -0.497 e. The normalized spacial score (nSPS) is 23.4. The van der Waals surface area contributed by atoms with E-state index >= 15 is 0 Å². The SMILES string of the molecule is COc1ccc(C(c2cc3c(cc2C)C(C)(C)CCC3(C)C)C2NCCS2)cc1. The van der Waals surface area contributed by atoms with Crippen LogP contribution in [0.25, 0.3) is 0 Å². The van der Waals surface area contributed by atoms with Gasteiger partial charge >= 0.3 is 0 Å². The molecule has 0 spiro atoms. The molecule has 2 aromatic carbocycles. The van der Waals surface area contributed by atoms with Gasteiger partial charge in [0.1, 0.15) is 5.75 Å². The number of methoxy groups -OCH3 is 1. The standard InChI is InChI=1S/C26H35NOS/c1-17-15-21-22(26(4,5)12-11-25(21,2)3)16-20(17)23(24-27-13-14-29-24)18-7-9-19(28-6)10-8-18/h7-10,15-16,23-24,27H,11-14H2,1-6H3. The van der Waals surface area contributed by atoms with E-state index in [2.05, 4.69) is 88.1 Å². The third-order valence-electron chi connectivity index (χ3n) is 7.10. The van der Waals surface area contributed by atoms with Gasteiger partial charge in [-0.05, 0) is 70.5 Å². The summed E-state index contributed by atoms with van der Waals surface area (Å²) in [6.07, 6.45) is 2.51. The molecule has 29 heavy (non-hydrogen) atoms. The Morgan fingerprint density at radius 2 is 1.62 bits per heavy atom. The highest BCUT2D eigenvalue weighted by molar-refractivity contribution is 8.00. The molecule has 156 valence electrons. The molecule has 0 aromatic heterocycles. The van der Waals surface area contributed by atoms with E-state index in [-0.39, 0.29) is 10.8 Å². The van der Waals surface area contributed by atoms with Crippen molar-refractivity contribution in [2.75, 3.05) is 19.4 Å². The molecule has 0 amide bonds. The molecule has 1 heterocycles. The molecule has 2 aromatic rings. The maximum atomic E-state index is 5.41. The zero-order chi connectivity index (χ0) is 20.8. The van der Waals surface area contributed by atoms with Crippen molar-refractivity contribution in [3.05, 3.63) is 64.2 Å². The maximum Gasteiger partial charge on any atom is 0.118 e. The van der Waals surface area contributed by atoms with Crippen molar-refractivity contribution in [2.24, 2.45) is 0 Å². The number of thioether (sulfide) groups is 1. The summed E-state index contributed by atoms with van der Waals surface area (Å²) in [5.41, 5.74) is 7.86. The number of ether oxygens (including phenoxy) is 1. The second kappa shape index (κ2) is 7.67. The molecule has 4 rings (SSSR count). The van der Waals surface area contributed by atoms with Crippen LogP contribution in [-0.2, 0) is 10.8 Å². The van der Waals surface area contributed by atoms with Crippen LogP contribution in [0, 0.1) is 6.92 Å². The minimum absolute atomic E-state index is 0.230. The van der Waals surface area contributed by atoms with E-state index in [9.17, 15) is 0 Å². The molecule has 2 atom stereocenters. The average Bonchev–Trinajstić information content (AvgIpc) is 3.21. The Kier molecular flexibility index (Phi) is 5.50. The quantitative estimate of drug-likeness (QED) is 0.655. The van der Waals surface area contributed by atoms with Gasteiger partial charge in [0, 0.05) is 18.2 Å². The number of hydrogen-bond acceptors (Lipinski definition) is 3. The third kappa shape index (κ3) is 3.84.